The number of hydrogen-bond donors (Lipinski definition) is 3. The van der Waals surface area contributed by atoms with Crippen molar-refractivity contribution in [3.63, 3.8) is 0 Å². The minimum absolute atomic E-state index is 0. The Balaban J connectivity index is 0.00000288. The molecule has 0 aromatic heterocycles. The first-order chi connectivity index (χ1) is 11.2. The first-order valence-corrected chi connectivity index (χ1v) is 8.43. The predicted octanol–water partition coefficient (Wildman–Crippen LogP) is 2.45. The van der Waals surface area contributed by atoms with Gasteiger partial charge in [-0.25, -0.2) is 0 Å². The fourth-order valence-electron chi connectivity index (χ4n) is 2.82. The van der Waals surface area contributed by atoms with Crippen LogP contribution in [0.1, 0.15) is 18.4 Å². The highest BCUT2D eigenvalue weighted by Crippen LogP contribution is 2.31. The van der Waals surface area contributed by atoms with Gasteiger partial charge in [0.05, 0.1) is 6.61 Å². The molecule has 1 atom stereocenters. The van der Waals surface area contributed by atoms with E-state index >= 15 is 0 Å². The van der Waals surface area contributed by atoms with Crippen LogP contribution >= 0.6 is 35.6 Å². The van der Waals surface area contributed by atoms with Gasteiger partial charge < -0.3 is 20.5 Å². The van der Waals surface area contributed by atoms with Crippen LogP contribution in [0, 0.1) is 5.41 Å². The Morgan fingerprint density at radius 3 is 2.79 bits per heavy atom. The largest absolute Gasteiger partial charge is 0.396 e. The summed E-state index contributed by atoms with van der Waals surface area (Å²) in [5.74, 6) is 0.765. The van der Waals surface area contributed by atoms with Crippen LogP contribution in [0.15, 0.2) is 29.3 Å². The van der Waals surface area contributed by atoms with Crippen LogP contribution in [0.2, 0.25) is 5.02 Å². The number of aliphatic hydroxyl groups excluding tert-OH is 1. The molecular weight excluding hydrogens is 441 g/mol. The number of rotatable bonds is 7. The summed E-state index contributed by atoms with van der Waals surface area (Å²) in [5, 5.41) is 16.7. The zero-order chi connectivity index (χ0) is 16.5. The SMILES string of the molecule is CN=C(NCCc1ccccc1Cl)NCC1(CCO)CCOC1.I. The van der Waals surface area contributed by atoms with Gasteiger partial charge >= 0.3 is 0 Å². The highest BCUT2D eigenvalue weighted by molar-refractivity contribution is 14.0. The Hall–Kier alpha value is -0.570. The summed E-state index contributed by atoms with van der Waals surface area (Å²) >= 11 is 6.16. The molecule has 2 rings (SSSR count). The van der Waals surface area contributed by atoms with Crippen LogP contribution < -0.4 is 10.6 Å². The fourth-order valence-corrected chi connectivity index (χ4v) is 3.05. The Labute approximate surface area is 166 Å². The number of aliphatic imine (C=N–C) groups is 1. The smallest absolute Gasteiger partial charge is 0.191 e. The normalized spacial score (nSPS) is 20.5. The van der Waals surface area contributed by atoms with E-state index in [-0.39, 0.29) is 36.0 Å². The van der Waals surface area contributed by atoms with Crippen LogP contribution in [0.25, 0.3) is 0 Å². The first kappa shape index (κ1) is 21.5. The zero-order valence-electron chi connectivity index (χ0n) is 14.1. The van der Waals surface area contributed by atoms with Gasteiger partial charge in [-0.2, -0.15) is 0 Å². The number of aliphatic hydroxyl groups is 1. The lowest BCUT2D eigenvalue weighted by Crippen LogP contribution is -2.45. The molecule has 0 aliphatic carbocycles. The lowest BCUT2D eigenvalue weighted by atomic mass is 9.84. The molecule has 0 amide bonds. The van der Waals surface area contributed by atoms with Crippen LogP contribution in [0.4, 0.5) is 0 Å². The van der Waals surface area contributed by atoms with Crippen molar-refractivity contribution >= 4 is 41.5 Å². The van der Waals surface area contributed by atoms with Crippen molar-refractivity contribution in [2.24, 2.45) is 10.4 Å². The van der Waals surface area contributed by atoms with Gasteiger partial charge in [0.1, 0.15) is 0 Å². The van der Waals surface area contributed by atoms with Crippen molar-refractivity contribution in [2.75, 3.05) is 40.0 Å². The molecule has 0 bridgehead atoms. The monoisotopic (exact) mass is 467 g/mol. The summed E-state index contributed by atoms with van der Waals surface area (Å²) in [4.78, 5) is 4.25. The Morgan fingerprint density at radius 1 is 1.38 bits per heavy atom. The Morgan fingerprint density at radius 2 is 2.17 bits per heavy atom. The molecule has 1 heterocycles. The molecule has 1 aliphatic heterocycles. The van der Waals surface area contributed by atoms with Crippen LogP contribution in [-0.4, -0.2) is 51.0 Å². The van der Waals surface area contributed by atoms with Gasteiger partial charge in [-0.05, 0) is 30.9 Å². The van der Waals surface area contributed by atoms with Gasteiger partial charge in [-0.3, -0.25) is 4.99 Å². The van der Waals surface area contributed by atoms with E-state index in [2.05, 4.69) is 15.6 Å². The predicted molar refractivity (Wildman–Crippen MR) is 110 cm³/mol. The average Bonchev–Trinajstić information content (AvgIpc) is 3.01. The third kappa shape index (κ3) is 6.38. The number of halogens is 2. The van der Waals surface area contributed by atoms with E-state index in [4.69, 9.17) is 16.3 Å². The van der Waals surface area contributed by atoms with Crippen molar-refractivity contribution in [3.8, 4) is 0 Å². The number of hydrogen-bond acceptors (Lipinski definition) is 3. The van der Waals surface area contributed by atoms with Gasteiger partial charge in [-0.1, -0.05) is 29.8 Å². The number of nitrogens with zero attached hydrogens (tertiary/aromatic N) is 1. The van der Waals surface area contributed by atoms with Gasteiger partial charge in [0.25, 0.3) is 0 Å². The summed E-state index contributed by atoms with van der Waals surface area (Å²) < 4.78 is 5.51. The molecule has 3 N–H and O–H groups in total. The zero-order valence-corrected chi connectivity index (χ0v) is 17.1. The van der Waals surface area contributed by atoms with Crippen LogP contribution in [-0.2, 0) is 11.2 Å². The molecule has 24 heavy (non-hydrogen) atoms. The molecule has 1 saturated heterocycles. The van der Waals surface area contributed by atoms with E-state index in [0.29, 0.717) is 6.61 Å². The molecule has 1 fully saturated rings. The van der Waals surface area contributed by atoms with E-state index in [9.17, 15) is 5.11 Å². The molecule has 7 heteroatoms. The molecular formula is C17H27ClIN3O2. The molecule has 5 nitrogen and oxygen atoms in total. The van der Waals surface area contributed by atoms with Crippen molar-refractivity contribution in [1.82, 2.24) is 10.6 Å². The van der Waals surface area contributed by atoms with Gasteiger partial charge in [0.2, 0.25) is 0 Å². The maximum Gasteiger partial charge on any atom is 0.191 e. The molecule has 0 radical (unpaired) electrons. The standard InChI is InChI=1S/C17H26ClN3O2.HI/c1-19-16(20-9-6-14-4-2-3-5-15(14)18)21-12-17(7-10-22)8-11-23-13-17;/h2-5,22H,6-13H2,1H3,(H2,19,20,21);1H. The van der Waals surface area contributed by atoms with Crippen molar-refractivity contribution in [1.29, 1.82) is 0 Å². The number of nitrogens with one attached hydrogen (secondary N) is 2. The minimum atomic E-state index is 0. The molecule has 1 aromatic carbocycles. The molecule has 1 aromatic rings. The average molecular weight is 468 g/mol. The summed E-state index contributed by atoms with van der Waals surface area (Å²) in [7, 11) is 1.76. The third-order valence-corrected chi connectivity index (χ3v) is 4.69. The lowest BCUT2D eigenvalue weighted by molar-refractivity contribution is 0.127. The molecule has 0 saturated carbocycles. The van der Waals surface area contributed by atoms with Crippen molar-refractivity contribution in [2.45, 2.75) is 19.3 Å². The summed E-state index contributed by atoms with van der Waals surface area (Å²) in [6.45, 7) is 3.15. The second kappa shape index (κ2) is 11.1. The maximum atomic E-state index is 9.27. The van der Waals surface area contributed by atoms with E-state index in [1.54, 1.807) is 7.05 Å². The lowest BCUT2D eigenvalue weighted by Gasteiger charge is -2.27. The second-order valence-electron chi connectivity index (χ2n) is 5.97. The minimum Gasteiger partial charge on any atom is -0.396 e. The molecule has 0 spiro atoms. The molecule has 1 aliphatic rings. The third-order valence-electron chi connectivity index (χ3n) is 4.33. The van der Waals surface area contributed by atoms with Crippen LogP contribution in [0.3, 0.4) is 0 Å². The first-order valence-electron chi connectivity index (χ1n) is 8.06. The van der Waals surface area contributed by atoms with E-state index in [1.807, 2.05) is 24.3 Å². The summed E-state index contributed by atoms with van der Waals surface area (Å²) in [6, 6.07) is 7.87. The quantitative estimate of drug-likeness (QED) is 0.327. The van der Waals surface area contributed by atoms with E-state index in [0.717, 1.165) is 55.5 Å². The van der Waals surface area contributed by atoms with Crippen molar-refractivity contribution < 1.29 is 9.84 Å². The topological polar surface area (TPSA) is 65.9 Å². The van der Waals surface area contributed by atoms with E-state index < -0.39 is 0 Å². The number of benzene rings is 1. The Kier molecular flexibility index (Phi) is 9.95. The summed E-state index contributed by atoms with van der Waals surface area (Å²) in [6.07, 6.45) is 2.55. The Bertz CT molecular complexity index is 522. The second-order valence-corrected chi connectivity index (χ2v) is 6.38. The number of guanidine groups is 1. The fraction of sp³-hybridized carbons (Fsp3) is 0.588. The van der Waals surface area contributed by atoms with E-state index in [1.165, 1.54) is 0 Å². The highest BCUT2D eigenvalue weighted by Gasteiger charge is 2.34. The van der Waals surface area contributed by atoms with Gasteiger partial charge in [0.15, 0.2) is 5.96 Å². The van der Waals surface area contributed by atoms with Crippen LogP contribution in [0.5, 0.6) is 0 Å². The highest BCUT2D eigenvalue weighted by atomic mass is 127. The maximum absolute atomic E-state index is 9.27. The molecule has 1 unspecified atom stereocenters. The summed E-state index contributed by atoms with van der Waals surface area (Å²) in [5.41, 5.74) is 1.13. The van der Waals surface area contributed by atoms with Crippen molar-refractivity contribution in [3.05, 3.63) is 34.9 Å². The number of ether oxygens (including phenoxy) is 1. The molecule has 136 valence electrons. The van der Waals surface area contributed by atoms with Gasteiger partial charge in [0, 0.05) is 43.8 Å². The van der Waals surface area contributed by atoms with Gasteiger partial charge in [-0.15, -0.1) is 24.0 Å².